The molecule has 1 rings (SSSR count). The Morgan fingerprint density at radius 2 is 0.775 bits per heavy atom. The van der Waals surface area contributed by atoms with Crippen molar-refractivity contribution in [2.45, 2.75) is 348 Å². The summed E-state index contributed by atoms with van der Waals surface area (Å²) in [5.74, 6) is -0.538. The second-order valence-corrected chi connectivity index (χ2v) is 25.4. The summed E-state index contributed by atoms with van der Waals surface area (Å²) < 4.78 is 23.4. The summed E-state index contributed by atoms with van der Waals surface area (Å²) in [5.41, 5.74) is 0. The number of halogens is 3. The van der Waals surface area contributed by atoms with Crippen LogP contribution in [0.2, 0.25) is 0 Å². The Labute approximate surface area is 462 Å². The van der Waals surface area contributed by atoms with Crippen LogP contribution >= 0.6 is 47.8 Å². The average molecular weight is 1200 g/mol. The lowest BCUT2D eigenvalue weighted by Gasteiger charge is -2.18. The third-order valence-corrected chi connectivity index (χ3v) is 17.1. The predicted octanol–water partition coefficient (Wildman–Crippen LogP) is 17.4. The van der Waals surface area contributed by atoms with Gasteiger partial charge < -0.3 is 34.3 Å². The van der Waals surface area contributed by atoms with Crippen molar-refractivity contribution in [2.24, 2.45) is 0 Å². The zero-order valence-corrected chi connectivity index (χ0v) is 50.7. The molecule has 0 aromatic rings. The number of rotatable bonds is 55. The first kappa shape index (κ1) is 69.2. The van der Waals surface area contributed by atoms with Gasteiger partial charge in [0.25, 0.3) is 0 Å². The Hall–Kier alpha value is 0.180. The van der Waals surface area contributed by atoms with Crippen LogP contribution in [0.3, 0.4) is 0 Å². The van der Waals surface area contributed by atoms with E-state index in [1.807, 2.05) is 0 Å². The van der Waals surface area contributed by atoms with E-state index < -0.39 is 6.10 Å². The topological polar surface area (TPSA) is 135 Å². The molecule has 0 saturated carbocycles. The number of hydrogen-bond acceptors (Lipinski definition) is 9. The van der Waals surface area contributed by atoms with E-state index in [0.29, 0.717) is 27.3 Å². The highest BCUT2D eigenvalue weighted by Gasteiger charge is 2.40. The van der Waals surface area contributed by atoms with Gasteiger partial charge in [-0.1, -0.05) is 236 Å². The summed E-state index contributed by atoms with van der Waals surface area (Å²) in [6, 6.07) is 0. The number of carbonyl (C=O) groups is 2. The van der Waals surface area contributed by atoms with Crippen molar-refractivity contribution in [3.63, 3.8) is 0 Å². The normalized spacial score (nSPS) is 17.6. The first-order chi connectivity index (χ1) is 34.5. The molecular formula is C59H111Br3O9. The van der Waals surface area contributed by atoms with Crippen LogP contribution in [-0.4, -0.2) is 91.8 Å². The third-order valence-electron chi connectivity index (χ3n) is 14.4. The number of aliphatic hydroxyl groups excluding tert-OH is 3. The highest BCUT2D eigenvalue weighted by atomic mass is 79.9. The lowest BCUT2D eigenvalue weighted by molar-refractivity contribution is -0.164. The monoisotopic (exact) mass is 1200 g/mol. The van der Waals surface area contributed by atoms with Gasteiger partial charge in [0, 0.05) is 27.3 Å². The number of aliphatic hydroxyl groups is 3. The van der Waals surface area contributed by atoms with Gasteiger partial charge in [-0.2, -0.15) is 0 Å². The first-order valence-electron chi connectivity index (χ1n) is 30.1. The van der Waals surface area contributed by atoms with Gasteiger partial charge in [-0.15, -0.1) is 0 Å². The maximum Gasteiger partial charge on any atom is 0.306 e. The molecule has 0 spiro atoms. The molecule has 71 heavy (non-hydrogen) atoms. The van der Waals surface area contributed by atoms with Gasteiger partial charge in [0.1, 0.15) is 12.7 Å². The largest absolute Gasteiger partial charge is 0.462 e. The lowest BCUT2D eigenvalue weighted by Crippen LogP contribution is -2.30. The summed E-state index contributed by atoms with van der Waals surface area (Å²) in [7, 11) is 0. The molecule has 9 unspecified atom stereocenters. The highest BCUT2D eigenvalue weighted by molar-refractivity contribution is 9.10. The van der Waals surface area contributed by atoms with E-state index >= 15 is 0 Å². The fourth-order valence-electron chi connectivity index (χ4n) is 9.45. The summed E-state index contributed by atoms with van der Waals surface area (Å²) >= 11 is 11.5. The number of alkyl halides is 3. The third kappa shape index (κ3) is 46.0. The van der Waals surface area contributed by atoms with Crippen molar-refractivity contribution >= 4 is 59.7 Å². The van der Waals surface area contributed by atoms with Gasteiger partial charge in [-0.3, -0.25) is 9.59 Å². The summed E-state index contributed by atoms with van der Waals surface area (Å²) in [5, 5.41) is 30.9. The van der Waals surface area contributed by atoms with Crippen LogP contribution in [0.25, 0.3) is 0 Å². The second kappa shape index (κ2) is 49.7. The Morgan fingerprint density at radius 3 is 1.20 bits per heavy atom. The minimum absolute atomic E-state index is 0.0105. The van der Waals surface area contributed by atoms with Crippen LogP contribution in [0.15, 0.2) is 0 Å². The van der Waals surface area contributed by atoms with E-state index in [1.54, 1.807) is 0 Å². The molecule has 0 aromatic carbocycles. The van der Waals surface area contributed by atoms with Gasteiger partial charge >= 0.3 is 11.9 Å². The standard InChI is InChI=1S/C59H111Br3O9/c1-4-7-10-26-35-52(63)44-41-49(60)32-23-17-13-14-21-31-40-58(67)70-55(47-68-57(66)39-30-22-16-19-25-34-51(62)43-46-54(65)37-28-12-9-6-3)48-69-59-56(71-59)38-29-20-15-18-24-33-50(61)42-45-53(64)36-27-11-8-5-2/h49-56,59,63-65H,4-48H2,1-3H3. The molecule has 0 amide bonds. The Balaban J connectivity index is 2.35. The van der Waals surface area contributed by atoms with E-state index in [4.69, 9.17) is 18.9 Å². The lowest BCUT2D eigenvalue weighted by atomic mass is 10.0. The molecule has 1 aliphatic rings. The zero-order chi connectivity index (χ0) is 52.0. The van der Waals surface area contributed by atoms with Gasteiger partial charge in [-0.25, -0.2) is 0 Å². The Bertz CT molecular complexity index is 1190. The Kier molecular flexibility index (Phi) is 48.5. The van der Waals surface area contributed by atoms with Gasteiger partial charge in [0.05, 0.1) is 24.9 Å². The van der Waals surface area contributed by atoms with Crippen molar-refractivity contribution in [3.8, 4) is 0 Å². The first-order valence-corrected chi connectivity index (χ1v) is 32.8. The van der Waals surface area contributed by atoms with Crippen molar-refractivity contribution in [3.05, 3.63) is 0 Å². The number of ether oxygens (including phenoxy) is 4. The number of carbonyl (C=O) groups excluding carboxylic acids is 2. The second-order valence-electron chi connectivity index (χ2n) is 21.5. The molecule has 1 saturated heterocycles. The van der Waals surface area contributed by atoms with Crippen molar-refractivity contribution in [2.75, 3.05) is 13.2 Å². The zero-order valence-electron chi connectivity index (χ0n) is 45.9. The minimum atomic E-state index is -0.664. The van der Waals surface area contributed by atoms with Crippen molar-refractivity contribution in [1.82, 2.24) is 0 Å². The number of hydrogen-bond donors (Lipinski definition) is 3. The van der Waals surface area contributed by atoms with Crippen molar-refractivity contribution < 1.29 is 43.9 Å². The molecular weight excluding hydrogens is 1090 g/mol. The van der Waals surface area contributed by atoms with E-state index in [9.17, 15) is 24.9 Å². The molecule has 12 heteroatoms. The molecule has 0 bridgehead atoms. The number of esters is 2. The molecule has 9 nitrogen and oxygen atoms in total. The molecule has 0 aliphatic carbocycles. The fraction of sp³-hybridized carbons (Fsp3) is 0.966. The van der Waals surface area contributed by atoms with Crippen LogP contribution in [0.5, 0.6) is 0 Å². The summed E-state index contributed by atoms with van der Waals surface area (Å²) in [6.07, 6.45) is 43.9. The Morgan fingerprint density at radius 1 is 0.423 bits per heavy atom. The highest BCUT2D eigenvalue weighted by Crippen LogP contribution is 2.30. The SMILES string of the molecule is CCCCCCC(O)CCC(Br)CCCCCCCCC(=O)OC(COC(=O)CCCCCCCC(Br)CCC(O)CCCCCC)COC1OC1CCCCCCCC(Br)CCC(O)CCCCCC. The molecule has 422 valence electrons. The molecule has 3 N–H and O–H groups in total. The smallest absolute Gasteiger partial charge is 0.306 e. The molecule has 9 atom stereocenters. The molecule has 0 radical (unpaired) electrons. The summed E-state index contributed by atoms with van der Waals surface area (Å²) in [4.78, 5) is 27.2. The van der Waals surface area contributed by atoms with Crippen LogP contribution in [0, 0.1) is 0 Å². The molecule has 1 fully saturated rings. The number of epoxide rings is 1. The maximum absolute atomic E-state index is 13.0. The predicted molar refractivity (Wildman–Crippen MR) is 307 cm³/mol. The van der Waals surface area contributed by atoms with Crippen LogP contribution in [0.4, 0.5) is 0 Å². The van der Waals surface area contributed by atoms with Gasteiger partial charge in [0.15, 0.2) is 12.4 Å². The summed E-state index contributed by atoms with van der Waals surface area (Å²) in [6.45, 7) is 6.78. The quantitative estimate of drug-likeness (QED) is 0.0235. The molecule has 1 heterocycles. The van der Waals surface area contributed by atoms with Crippen LogP contribution in [0.1, 0.15) is 297 Å². The van der Waals surface area contributed by atoms with Crippen molar-refractivity contribution in [1.29, 1.82) is 0 Å². The molecule has 0 aromatic heterocycles. The maximum atomic E-state index is 13.0. The van der Waals surface area contributed by atoms with Gasteiger partial charge in [0.2, 0.25) is 0 Å². The minimum Gasteiger partial charge on any atom is -0.462 e. The van der Waals surface area contributed by atoms with Gasteiger partial charge in [-0.05, 0) is 96.3 Å². The van der Waals surface area contributed by atoms with Crippen LogP contribution < -0.4 is 0 Å². The van der Waals surface area contributed by atoms with E-state index in [1.165, 1.54) is 89.9 Å². The fourth-order valence-corrected chi connectivity index (χ4v) is 11.2. The average Bonchev–Trinajstić information content (AvgIpc) is 4.12. The molecule has 1 aliphatic heterocycles. The van der Waals surface area contributed by atoms with E-state index in [0.717, 1.165) is 173 Å². The number of unbranched alkanes of at least 4 members (excludes halogenated alkanes) is 22. The van der Waals surface area contributed by atoms with E-state index in [-0.39, 0.29) is 55.9 Å². The van der Waals surface area contributed by atoms with Crippen LogP contribution in [-0.2, 0) is 28.5 Å². The van der Waals surface area contributed by atoms with E-state index in [2.05, 4.69) is 68.6 Å².